The molecule has 6 nitrogen and oxygen atoms in total. The van der Waals surface area contributed by atoms with Crippen molar-refractivity contribution >= 4 is 11.5 Å². The summed E-state index contributed by atoms with van der Waals surface area (Å²) in [6.07, 6.45) is 2.04. The lowest BCUT2D eigenvalue weighted by molar-refractivity contribution is -0.385. The lowest BCUT2D eigenvalue weighted by Crippen LogP contribution is -2.37. The van der Waals surface area contributed by atoms with E-state index in [1.807, 2.05) is 38.1 Å². The molecule has 0 amide bonds. The predicted molar refractivity (Wildman–Crippen MR) is 83.0 cm³/mol. The smallest absolute Gasteiger partial charge is 0.287 e. The third-order valence-corrected chi connectivity index (χ3v) is 3.66. The van der Waals surface area contributed by atoms with Crippen LogP contribution >= 0.6 is 0 Å². The highest BCUT2D eigenvalue weighted by Crippen LogP contribution is 2.40. The number of ether oxygens (including phenoxy) is 1. The number of nitrogens with one attached hydrogen (secondary N) is 1. The van der Waals surface area contributed by atoms with Crippen molar-refractivity contribution in [3.05, 3.63) is 58.3 Å². The molecule has 6 heteroatoms. The predicted octanol–water partition coefficient (Wildman–Crippen LogP) is 3.70. The quantitative estimate of drug-likeness (QED) is 0.690. The largest absolute Gasteiger partial charge is 0.487 e. The fourth-order valence-electron chi connectivity index (χ4n) is 2.69. The normalized spacial score (nSPS) is 18.9. The Morgan fingerprint density at radius 3 is 2.77 bits per heavy atom. The number of fused-ring (bicyclic) bond motifs is 1. The van der Waals surface area contributed by atoms with Crippen molar-refractivity contribution in [3.8, 4) is 5.75 Å². The molecule has 1 aromatic carbocycles. The van der Waals surface area contributed by atoms with Crippen LogP contribution in [0.25, 0.3) is 0 Å². The van der Waals surface area contributed by atoms with E-state index in [4.69, 9.17) is 4.74 Å². The number of pyridine rings is 1. The Hall–Kier alpha value is -2.63. The van der Waals surface area contributed by atoms with Crippen LogP contribution in [0.1, 0.15) is 31.9 Å². The molecule has 1 aliphatic rings. The third-order valence-electron chi connectivity index (χ3n) is 3.66. The van der Waals surface area contributed by atoms with Crippen LogP contribution in [0.3, 0.4) is 0 Å². The first-order valence-corrected chi connectivity index (χ1v) is 7.09. The Morgan fingerprint density at radius 2 is 2.09 bits per heavy atom. The van der Waals surface area contributed by atoms with Crippen molar-refractivity contribution < 1.29 is 9.66 Å². The highest BCUT2D eigenvalue weighted by atomic mass is 16.6. The molecular weight excluding hydrogens is 282 g/mol. The van der Waals surface area contributed by atoms with Crippen LogP contribution in [0.5, 0.6) is 5.75 Å². The highest BCUT2D eigenvalue weighted by molar-refractivity contribution is 5.47. The van der Waals surface area contributed by atoms with Gasteiger partial charge in [0.2, 0.25) is 0 Å². The molecule has 2 heterocycles. The van der Waals surface area contributed by atoms with Crippen LogP contribution in [0.15, 0.2) is 42.6 Å². The zero-order chi connectivity index (χ0) is 15.7. The number of hydrogen-bond acceptors (Lipinski definition) is 5. The van der Waals surface area contributed by atoms with Gasteiger partial charge in [0.1, 0.15) is 23.4 Å². The molecule has 3 rings (SSSR count). The molecule has 1 aliphatic heterocycles. The maximum atomic E-state index is 10.7. The van der Waals surface area contributed by atoms with Gasteiger partial charge < -0.3 is 10.1 Å². The molecule has 1 aromatic heterocycles. The highest BCUT2D eigenvalue weighted by Gasteiger charge is 2.33. The second-order valence-electron chi connectivity index (χ2n) is 5.96. The third kappa shape index (κ3) is 2.86. The molecular formula is C16H17N3O3. The van der Waals surface area contributed by atoms with Crippen LogP contribution < -0.4 is 10.1 Å². The lowest BCUT2D eigenvalue weighted by atomic mass is 9.90. The topological polar surface area (TPSA) is 77.3 Å². The molecule has 2 aromatic rings. The first-order chi connectivity index (χ1) is 10.4. The van der Waals surface area contributed by atoms with Gasteiger partial charge in [-0.15, -0.1) is 0 Å². The van der Waals surface area contributed by atoms with E-state index in [0.717, 1.165) is 17.7 Å². The van der Waals surface area contributed by atoms with Crippen molar-refractivity contribution in [2.24, 2.45) is 0 Å². The summed E-state index contributed by atoms with van der Waals surface area (Å²) in [4.78, 5) is 14.3. The minimum atomic E-state index is -0.455. The van der Waals surface area contributed by atoms with E-state index in [2.05, 4.69) is 10.3 Å². The summed E-state index contributed by atoms with van der Waals surface area (Å²) < 4.78 is 5.99. The maximum Gasteiger partial charge on any atom is 0.287 e. The van der Waals surface area contributed by atoms with Gasteiger partial charge in [-0.1, -0.05) is 18.2 Å². The summed E-state index contributed by atoms with van der Waals surface area (Å²) >= 11 is 0. The van der Waals surface area contributed by atoms with E-state index < -0.39 is 4.92 Å². The molecule has 1 N–H and O–H groups in total. The zero-order valence-corrected chi connectivity index (χ0v) is 12.4. The number of benzene rings is 1. The summed E-state index contributed by atoms with van der Waals surface area (Å²) in [6.45, 7) is 4.09. The molecule has 0 fully saturated rings. The molecule has 0 radical (unpaired) electrons. The van der Waals surface area contributed by atoms with Crippen LogP contribution in [-0.4, -0.2) is 15.5 Å². The molecule has 0 saturated carbocycles. The van der Waals surface area contributed by atoms with Crippen molar-refractivity contribution in [3.63, 3.8) is 0 Å². The Kier molecular flexibility index (Phi) is 3.44. The lowest BCUT2D eigenvalue weighted by Gasteiger charge is -2.38. The Labute approximate surface area is 128 Å². The molecule has 0 aliphatic carbocycles. The van der Waals surface area contributed by atoms with Gasteiger partial charge >= 0.3 is 0 Å². The summed E-state index contributed by atoms with van der Waals surface area (Å²) in [5.74, 6) is 1.47. The molecule has 22 heavy (non-hydrogen) atoms. The summed E-state index contributed by atoms with van der Waals surface area (Å²) in [6, 6.07) is 11.0. The van der Waals surface area contributed by atoms with Gasteiger partial charge in [-0.2, -0.15) is 0 Å². The fourth-order valence-corrected chi connectivity index (χ4v) is 2.69. The second kappa shape index (κ2) is 5.29. The van der Waals surface area contributed by atoms with E-state index in [-0.39, 0.29) is 17.3 Å². The van der Waals surface area contributed by atoms with E-state index in [0.29, 0.717) is 5.82 Å². The van der Waals surface area contributed by atoms with Crippen molar-refractivity contribution in [1.82, 2.24) is 4.98 Å². The number of nitrogens with zero attached hydrogens (tertiary/aromatic N) is 2. The number of nitro groups is 1. The van der Waals surface area contributed by atoms with Gasteiger partial charge in [0, 0.05) is 18.1 Å². The average Bonchev–Trinajstić information content (AvgIpc) is 2.46. The van der Waals surface area contributed by atoms with Gasteiger partial charge in [0.15, 0.2) is 0 Å². The SMILES string of the molecule is CC1(C)CC(Nc2ccc([N+](=O)[O-])cn2)c2ccccc2O1. The van der Waals surface area contributed by atoms with Gasteiger partial charge in [-0.3, -0.25) is 10.1 Å². The molecule has 1 unspecified atom stereocenters. The van der Waals surface area contributed by atoms with Crippen LogP contribution in [0.2, 0.25) is 0 Å². The van der Waals surface area contributed by atoms with Crippen molar-refractivity contribution in [1.29, 1.82) is 0 Å². The van der Waals surface area contributed by atoms with Crippen LogP contribution in [0, 0.1) is 10.1 Å². The maximum absolute atomic E-state index is 10.7. The average molecular weight is 299 g/mol. The Bertz CT molecular complexity index is 698. The molecule has 0 bridgehead atoms. The van der Waals surface area contributed by atoms with Crippen molar-refractivity contribution in [2.75, 3.05) is 5.32 Å². The van der Waals surface area contributed by atoms with E-state index >= 15 is 0 Å². The van der Waals surface area contributed by atoms with Crippen LogP contribution in [-0.2, 0) is 0 Å². The minimum absolute atomic E-state index is 0.0155. The molecule has 1 atom stereocenters. The summed E-state index contributed by atoms with van der Waals surface area (Å²) in [5, 5.41) is 14.0. The minimum Gasteiger partial charge on any atom is -0.487 e. The molecule has 0 saturated heterocycles. The zero-order valence-electron chi connectivity index (χ0n) is 12.4. The molecule has 114 valence electrons. The fraction of sp³-hybridized carbons (Fsp3) is 0.312. The van der Waals surface area contributed by atoms with Gasteiger partial charge in [-0.25, -0.2) is 4.98 Å². The first-order valence-electron chi connectivity index (χ1n) is 7.09. The first kappa shape index (κ1) is 14.3. The number of para-hydroxylation sites is 1. The number of anilines is 1. The number of aromatic nitrogens is 1. The van der Waals surface area contributed by atoms with Gasteiger partial charge in [0.25, 0.3) is 5.69 Å². The summed E-state index contributed by atoms with van der Waals surface area (Å²) in [7, 11) is 0. The summed E-state index contributed by atoms with van der Waals surface area (Å²) in [5.41, 5.74) is 0.771. The number of hydrogen-bond donors (Lipinski definition) is 1. The van der Waals surface area contributed by atoms with E-state index in [1.54, 1.807) is 6.07 Å². The Balaban J connectivity index is 1.86. The van der Waals surface area contributed by atoms with Gasteiger partial charge in [-0.05, 0) is 26.0 Å². The van der Waals surface area contributed by atoms with E-state index in [1.165, 1.54) is 12.3 Å². The molecule has 0 spiro atoms. The number of rotatable bonds is 3. The second-order valence-corrected chi connectivity index (χ2v) is 5.96. The van der Waals surface area contributed by atoms with Crippen LogP contribution in [0.4, 0.5) is 11.5 Å². The Morgan fingerprint density at radius 1 is 1.32 bits per heavy atom. The van der Waals surface area contributed by atoms with Crippen molar-refractivity contribution in [2.45, 2.75) is 31.9 Å². The van der Waals surface area contributed by atoms with E-state index in [9.17, 15) is 10.1 Å². The monoisotopic (exact) mass is 299 g/mol. The van der Waals surface area contributed by atoms with Gasteiger partial charge in [0.05, 0.1) is 11.0 Å². The standard InChI is InChI=1S/C16H17N3O3/c1-16(2)9-13(12-5-3-4-6-14(12)22-16)18-15-8-7-11(10-17-15)19(20)21/h3-8,10,13H,9H2,1-2H3,(H,17,18).